The van der Waals surface area contributed by atoms with E-state index in [0.29, 0.717) is 13.0 Å². The first-order valence-electron chi connectivity index (χ1n) is 6.55. The van der Waals surface area contributed by atoms with Crippen LogP contribution in [-0.4, -0.2) is 70.3 Å². The van der Waals surface area contributed by atoms with E-state index in [4.69, 9.17) is 0 Å². The molecular formula is C12H17N3O5. The molecule has 110 valence electrons. The molecule has 0 saturated carbocycles. The van der Waals surface area contributed by atoms with Crippen LogP contribution in [0.15, 0.2) is 0 Å². The van der Waals surface area contributed by atoms with Gasteiger partial charge in [0.2, 0.25) is 17.7 Å². The fourth-order valence-corrected chi connectivity index (χ4v) is 2.60. The molecule has 2 N–H and O–H groups in total. The zero-order valence-corrected chi connectivity index (χ0v) is 11.2. The molecule has 2 saturated heterocycles. The predicted molar refractivity (Wildman–Crippen MR) is 66.6 cm³/mol. The van der Waals surface area contributed by atoms with Gasteiger partial charge in [-0.05, 0) is 6.42 Å². The van der Waals surface area contributed by atoms with E-state index in [2.05, 4.69) is 5.32 Å². The summed E-state index contributed by atoms with van der Waals surface area (Å²) in [6.45, 7) is 1.94. The Bertz CT molecular complexity index is 464. The second kappa shape index (κ2) is 5.58. The summed E-state index contributed by atoms with van der Waals surface area (Å²) in [6, 6.07) is -1.82. The number of aliphatic carboxylic acids is 1. The smallest absolute Gasteiger partial charge is 0.322 e. The van der Waals surface area contributed by atoms with Crippen molar-refractivity contribution in [3.63, 3.8) is 0 Å². The molecule has 3 amide bonds. The van der Waals surface area contributed by atoms with Crippen molar-refractivity contribution in [3.05, 3.63) is 0 Å². The molecule has 2 atom stereocenters. The van der Waals surface area contributed by atoms with E-state index < -0.39 is 24.0 Å². The molecule has 0 radical (unpaired) electrons. The standard InChI is InChI=1S/C12H17N3O5/c1-2-3-14-10(17)4-7(11(14)18)15-6-9(16)13-5-8(15)12(19)20/h7-8H,2-6H2,1H3,(H,13,16)(H,19,20). The Morgan fingerprint density at radius 2 is 2.10 bits per heavy atom. The summed E-state index contributed by atoms with van der Waals surface area (Å²) >= 11 is 0. The Labute approximate surface area is 115 Å². The van der Waals surface area contributed by atoms with Crippen LogP contribution in [0.25, 0.3) is 0 Å². The Hall–Kier alpha value is -1.96. The Kier molecular flexibility index (Phi) is 4.03. The van der Waals surface area contributed by atoms with Crippen molar-refractivity contribution in [1.82, 2.24) is 15.1 Å². The van der Waals surface area contributed by atoms with E-state index in [-0.39, 0.29) is 31.3 Å². The maximum atomic E-state index is 12.2. The first kappa shape index (κ1) is 14.4. The lowest BCUT2D eigenvalue weighted by molar-refractivity contribution is -0.149. The van der Waals surface area contributed by atoms with Crippen molar-refractivity contribution in [2.24, 2.45) is 0 Å². The van der Waals surface area contributed by atoms with Gasteiger partial charge in [-0.3, -0.25) is 29.0 Å². The fourth-order valence-electron chi connectivity index (χ4n) is 2.60. The molecule has 0 aliphatic carbocycles. The number of carboxylic acids is 1. The van der Waals surface area contributed by atoms with Crippen molar-refractivity contribution in [1.29, 1.82) is 0 Å². The number of piperazine rings is 1. The van der Waals surface area contributed by atoms with Crippen LogP contribution >= 0.6 is 0 Å². The van der Waals surface area contributed by atoms with Crippen LogP contribution in [0.5, 0.6) is 0 Å². The highest BCUT2D eigenvalue weighted by atomic mass is 16.4. The molecule has 2 heterocycles. The average molecular weight is 283 g/mol. The zero-order valence-electron chi connectivity index (χ0n) is 11.2. The van der Waals surface area contributed by atoms with Gasteiger partial charge in [0.25, 0.3) is 0 Å². The van der Waals surface area contributed by atoms with Crippen LogP contribution in [0.3, 0.4) is 0 Å². The summed E-state index contributed by atoms with van der Waals surface area (Å²) < 4.78 is 0. The van der Waals surface area contributed by atoms with Crippen LogP contribution in [0.1, 0.15) is 19.8 Å². The second-order valence-electron chi connectivity index (χ2n) is 4.93. The van der Waals surface area contributed by atoms with Gasteiger partial charge in [0.05, 0.1) is 19.0 Å². The molecule has 0 aromatic heterocycles. The van der Waals surface area contributed by atoms with E-state index in [9.17, 15) is 24.3 Å². The highest BCUT2D eigenvalue weighted by molar-refractivity contribution is 6.06. The van der Waals surface area contributed by atoms with Gasteiger partial charge in [-0.15, -0.1) is 0 Å². The summed E-state index contributed by atoms with van der Waals surface area (Å²) in [4.78, 5) is 49.2. The van der Waals surface area contributed by atoms with Crippen LogP contribution < -0.4 is 5.32 Å². The lowest BCUT2D eigenvalue weighted by atomic mass is 10.1. The predicted octanol–water partition coefficient (Wildman–Crippen LogP) is -1.59. The van der Waals surface area contributed by atoms with Gasteiger partial charge in [-0.1, -0.05) is 6.92 Å². The van der Waals surface area contributed by atoms with Gasteiger partial charge >= 0.3 is 5.97 Å². The molecule has 2 fully saturated rings. The minimum Gasteiger partial charge on any atom is -0.480 e. The third kappa shape index (κ3) is 2.51. The van der Waals surface area contributed by atoms with Gasteiger partial charge < -0.3 is 10.4 Å². The summed E-state index contributed by atoms with van der Waals surface area (Å²) in [7, 11) is 0. The minimum atomic E-state index is -1.11. The van der Waals surface area contributed by atoms with Crippen LogP contribution in [-0.2, 0) is 19.2 Å². The van der Waals surface area contributed by atoms with E-state index in [0.717, 1.165) is 4.90 Å². The maximum Gasteiger partial charge on any atom is 0.322 e. The normalized spacial score (nSPS) is 27.9. The number of rotatable bonds is 4. The monoisotopic (exact) mass is 283 g/mol. The number of likely N-dealkylation sites (tertiary alicyclic amines) is 1. The first-order valence-corrected chi connectivity index (χ1v) is 6.55. The third-order valence-corrected chi connectivity index (χ3v) is 3.57. The molecule has 8 nitrogen and oxygen atoms in total. The highest BCUT2D eigenvalue weighted by Gasteiger charge is 2.46. The van der Waals surface area contributed by atoms with E-state index in [1.54, 1.807) is 0 Å². The molecule has 2 unspecified atom stereocenters. The summed E-state index contributed by atoms with van der Waals surface area (Å²) in [5.41, 5.74) is 0. The van der Waals surface area contributed by atoms with Gasteiger partial charge in [0.15, 0.2) is 0 Å². The van der Waals surface area contributed by atoms with Crippen molar-refractivity contribution in [3.8, 4) is 0 Å². The van der Waals surface area contributed by atoms with E-state index in [1.807, 2.05) is 6.92 Å². The number of carbonyl (C=O) groups excluding carboxylic acids is 3. The molecule has 2 aliphatic heterocycles. The van der Waals surface area contributed by atoms with E-state index in [1.165, 1.54) is 4.90 Å². The van der Waals surface area contributed by atoms with E-state index >= 15 is 0 Å². The zero-order chi connectivity index (χ0) is 14.9. The molecule has 2 rings (SSSR count). The summed E-state index contributed by atoms with van der Waals surface area (Å²) in [5, 5.41) is 11.6. The minimum absolute atomic E-state index is 0.0556. The number of imide groups is 1. The molecule has 0 spiro atoms. The maximum absolute atomic E-state index is 12.2. The van der Waals surface area contributed by atoms with Crippen LogP contribution in [0.4, 0.5) is 0 Å². The number of nitrogens with zero attached hydrogens (tertiary/aromatic N) is 2. The van der Waals surface area contributed by atoms with Crippen molar-refractivity contribution >= 4 is 23.7 Å². The molecule has 2 aliphatic rings. The number of nitrogens with one attached hydrogen (secondary N) is 1. The van der Waals surface area contributed by atoms with Crippen LogP contribution in [0, 0.1) is 0 Å². The SMILES string of the molecule is CCCN1C(=O)CC(N2CC(=O)NCC2C(=O)O)C1=O. The fraction of sp³-hybridized carbons (Fsp3) is 0.667. The molecule has 0 bridgehead atoms. The topological polar surface area (TPSA) is 107 Å². The number of hydrogen-bond donors (Lipinski definition) is 2. The Morgan fingerprint density at radius 1 is 1.40 bits per heavy atom. The summed E-state index contributed by atoms with van der Waals surface area (Å²) in [5.74, 6) is -2.16. The first-order chi connectivity index (χ1) is 9.45. The summed E-state index contributed by atoms with van der Waals surface area (Å²) in [6.07, 6.45) is 0.586. The van der Waals surface area contributed by atoms with Crippen molar-refractivity contribution < 1.29 is 24.3 Å². The number of amides is 3. The van der Waals surface area contributed by atoms with Gasteiger partial charge in [0.1, 0.15) is 6.04 Å². The lowest BCUT2D eigenvalue weighted by Gasteiger charge is -2.35. The molecule has 0 aromatic rings. The largest absolute Gasteiger partial charge is 0.480 e. The Morgan fingerprint density at radius 3 is 2.70 bits per heavy atom. The average Bonchev–Trinajstić information content (AvgIpc) is 2.66. The molecule has 0 aromatic carbocycles. The number of hydrogen-bond acceptors (Lipinski definition) is 5. The Balaban J connectivity index is 2.20. The number of carboxylic acid groups (broad SMARTS) is 1. The highest BCUT2D eigenvalue weighted by Crippen LogP contribution is 2.22. The molecular weight excluding hydrogens is 266 g/mol. The lowest BCUT2D eigenvalue weighted by Crippen LogP contribution is -2.61. The molecule has 8 heteroatoms. The third-order valence-electron chi connectivity index (χ3n) is 3.57. The molecule has 20 heavy (non-hydrogen) atoms. The number of carbonyl (C=O) groups is 4. The van der Waals surface area contributed by atoms with Crippen LogP contribution in [0.2, 0.25) is 0 Å². The van der Waals surface area contributed by atoms with Crippen molar-refractivity contribution in [2.75, 3.05) is 19.6 Å². The second-order valence-corrected chi connectivity index (χ2v) is 4.93. The van der Waals surface area contributed by atoms with Crippen molar-refractivity contribution in [2.45, 2.75) is 31.8 Å². The quantitative estimate of drug-likeness (QED) is 0.602. The van der Waals surface area contributed by atoms with Gasteiger partial charge in [-0.25, -0.2) is 0 Å². The van der Waals surface area contributed by atoms with Gasteiger partial charge in [0, 0.05) is 13.1 Å². The van der Waals surface area contributed by atoms with Gasteiger partial charge in [-0.2, -0.15) is 0 Å².